The molecule has 0 saturated heterocycles. The van der Waals surface area contributed by atoms with Gasteiger partial charge in [-0.2, -0.15) is 0 Å². The highest BCUT2D eigenvalue weighted by atomic mass is 32.2. The maximum Gasteiger partial charge on any atom is 0.158 e. The van der Waals surface area contributed by atoms with Gasteiger partial charge in [0.05, 0.1) is 11.5 Å². The Morgan fingerprint density at radius 1 is 0.833 bits per heavy atom. The van der Waals surface area contributed by atoms with Gasteiger partial charge in [-0.1, -0.05) is 54.6 Å². The molecule has 0 atom stereocenters. The molecule has 0 bridgehead atoms. The van der Waals surface area contributed by atoms with Crippen LogP contribution in [0.15, 0.2) is 54.6 Å². The van der Waals surface area contributed by atoms with Gasteiger partial charge in [0.1, 0.15) is 0 Å². The van der Waals surface area contributed by atoms with Gasteiger partial charge in [-0.25, -0.2) is 8.42 Å². The molecule has 94 valence electrons. The van der Waals surface area contributed by atoms with Crippen molar-refractivity contribution in [3.8, 4) is 0 Å². The number of benzene rings is 2. The Hall–Kier alpha value is -1.61. The normalized spacial score (nSPS) is 11.4. The summed E-state index contributed by atoms with van der Waals surface area (Å²) in [6, 6.07) is 16.9. The molecule has 18 heavy (non-hydrogen) atoms. The lowest BCUT2D eigenvalue weighted by Gasteiger charge is -2.07. The van der Waals surface area contributed by atoms with Crippen LogP contribution in [0.5, 0.6) is 0 Å². The second kappa shape index (κ2) is 5.36. The molecule has 3 heteroatoms. The third-order valence-corrected chi connectivity index (χ3v) is 4.39. The number of hydrogen-bond donors (Lipinski definition) is 0. The van der Waals surface area contributed by atoms with Crippen molar-refractivity contribution < 1.29 is 8.42 Å². The number of sulfone groups is 1. The van der Waals surface area contributed by atoms with E-state index in [1.807, 2.05) is 61.5 Å². The molecule has 2 nitrogen and oxygen atoms in total. The van der Waals surface area contributed by atoms with E-state index < -0.39 is 9.84 Å². The zero-order valence-corrected chi connectivity index (χ0v) is 11.2. The summed E-state index contributed by atoms with van der Waals surface area (Å²) in [5.41, 5.74) is 2.74. The first-order valence-corrected chi connectivity index (χ1v) is 7.68. The summed E-state index contributed by atoms with van der Waals surface area (Å²) in [7, 11) is -3.11. The van der Waals surface area contributed by atoms with Crippen LogP contribution in [0.25, 0.3) is 0 Å². The number of rotatable bonds is 4. The van der Waals surface area contributed by atoms with E-state index in [9.17, 15) is 8.42 Å². The van der Waals surface area contributed by atoms with Crippen molar-refractivity contribution in [1.29, 1.82) is 0 Å². The summed E-state index contributed by atoms with van der Waals surface area (Å²) in [6.45, 7) is 1.94. The Balaban J connectivity index is 2.16. The highest BCUT2D eigenvalue weighted by Gasteiger charge is 2.13. The summed E-state index contributed by atoms with van der Waals surface area (Å²) >= 11 is 0. The number of aryl methyl sites for hydroxylation is 1. The highest BCUT2D eigenvalue weighted by Crippen LogP contribution is 2.15. The fourth-order valence-corrected chi connectivity index (χ4v) is 3.49. The minimum atomic E-state index is -3.11. The van der Waals surface area contributed by atoms with E-state index in [1.54, 1.807) is 0 Å². The van der Waals surface area contributed by atoms with Crippen LogP contribution in [-0.4, -0.2) is 8.42 Å². The zero-order valence-electron chi connectivity index (χ0n) is 10.3. The smallest absolute Gasteiger partial charge is 0.158 e. The van der Waals surface area contributed by atoms with Crippen molar-refractivity contribution >= 4 is 9.84 Å². The quantitative estimate of drug-likeness (QED) is 0.846. The summed E-state index contributed by atoms with van der Waals surface area (Å²) < 4.78 is 24.2. The van der Waals surface area contributed by atoms with E-state index in [0.717, 1.165) is 16.7 Å². The van der Waals surface area contributed by atoms with Crippen molar-refractivity contribution in [3.63, 3.8) is 0 Å². The summed E-state index contributed by atoms with van der Waals surface area (Å²) in [6.07, 6.45) is 0. The topological polar surface area (TPSA) is 34.1 Å². The van der Waals surface area contributed by atoms with Crippen LogP contribution in [-0.2, 0) is 21.3 Å². The molecule has 2 aromatic rings. The van der Waals surface area contributed by atoms with E-state index in [2.05, 4.69) is 0 Å². The van der Waals surface area contributed by atoms with Crippen LogP contribution in [0.4, 0.5) is 0 Å². The molecule has 0 spiro atoms. The molecule has 0 unspecified atom stereocenters. The summed E-state index contributed by atoms with van der Waals surface area (Å²) in [5.74, 6) is 0.205. The minimum absolute atomic E-state index is 0.0994. The first-order valence-electron chi connectivity index (χ1n) is 5.86. The summed E-state index contributed by atoms with van der Waals surface area (Å²) in [5, 5.41) is 0. The van der Waals surface area contributed by atoms with Gasteiger partial charge in [0.2, 0.25) is 0 Å². The standard InChI is InChI=1S/C15H16O2S/c1-13-7-5-6-10-15(13)12-18(16,17)11-14-8-3-2-4-9-14/h2-10H,11-12H2,1H3. The molecule has 0 fully saturated rings. The van der Waals surface area contributed by atoms with Crippen LogP contribution in [0.1, 0.15) is 16.7 Å². The van der Waals surface area contributed by atoms with E-state index in [1.165, 1.54) is 0 Å². The van der Waals surface area contributed by atoms with Gasteiger partial charge in [0, 0.05) is 0 Å². The largest absolute Gasteiger partial charge is 0.228 e. The molecule has 0 aromatic heterocycles. The molecular weight excluding hydrogens is 244 g/mol. The Morgan fingerprint density at radius 3 is 2.11 bits per heavy atom. The predicted octanol–water partition coefficient (Wildman–Crippen LogP) is 3.11. The van der Waals surface area contributed by atoms with E-state index >= 15 is 0 Å². The van der Waals surface area contributed by atoms with E-state index in [4.69, 9.17) is 0 Å². The van der Waals surface area contributed by atoms with Crippen molar-refractivity contribution in [2.75, 3.05) is 0 Å². The highest BCUT2D eigenvalue weighted by molar-refractivity contribution is 7.89. The lowest BCUT2D eigenvalue weighted by Crippen LogP contribution is -2.08. The Bertz CT molecular complexity index is 616. The molecular formula is C15H16O2S. The van der Waals surface area contributed by atoms with E-state index in [0.29, 0.717) is 0 Å². The molecule has 0 aliphatic heterocycles. The average molecular weight is 260 g/mol. The lowest BCUT2D eigenvalue weighted by molar-refractivity contribution is 0.594. The third kappa shape index (κ3) is 3.44. The fraction of sp³-hybridized carbons (Fsp3) is 0.200. The van der Waals surface area contributed by atoms with Crippen molar-refractivity contribution in [1.82, 2.24) is 0 Å². The first kappa shape index (κ1) is 12.8. The Labute approximate surface area is 108 Å². The minimum Gasteiger partial charge on any atom is -0.228 e. The van der Waals surface area contributed by atoms with Gasteiger partial charge < -0.3 is 0 Å². The van der Waals surface area contributed by atoms with Gasteiger partial charge in [0.15, 0.2) is 9.84 Å². The van der Waals surface area contributed by atoms with Gasteiger partial charge in [-0.15, -0.1) is 0 Å². The second-order valence-corrected chi connectivity index (χ2v) is 6.51. The molecule has 0 saturated carbocycles. The average Bonchev–Trinajstić information content (AvgIpc) is 2.32. The Kier molecular flexibility index (Phi) is 3.82. The SMILES string of the molecule is Cc1ccccc1CS(=O)(=O)Cc1ccccc1. The van der Waals surface area contributed by atoms with Gasteiger partial charge in [-0.05, 0) is 23.6 Å². The molecule has 0 amide bonds. The zero-order chi connectivity index (χ0) is 13.0. The Morgan fingerprint density at radius 2 is 1.44 bits per heavy atom. The van der Waals surface area contributed by atoms with Crippen LogP contribution in [0.2, 0.25) is 0 Å². The maximum atomic E-state index is 12.1. The van der Waals surface area contributed by atoms with Crippen LogP contribution >= 0.6 is 0 Å². The van der Waals surface area contributed by atoms with E-state index in [-0.39, 0.29) is 11.5 Å². The van der Waals surface area contributed by atoms with Crippen LogP contribution in [0.3, 0.4) is 0 Å². The van der Waals surface area contributed by atoms with Gasteiger partial charge in [0.25, 0.3) is 0 Å². The lowest BCUT2D eigenvalue weighted by atomic mass is 10.1. The van der Waals surface area contributed by atoms with Crippen molar-refractivity contribution in [2.24, 2.45) is 0 Å². The first-order chi connectivity index (χ1) is 8.57. The number of hydrogen-bond acceptors (Lipinski definition) is 2. The second-order valence-electron chi connectivity index (χ2n) is 4.44. The molecule has 0 aliphatic rings. The van der Waals surface area contributed by atoms with Crippen molar-refractivity contribution in [2.45, 2.75) is 18.4 Å². The molecule has 0 heterocycles. The monoisotopic (exact) mass is 260 g/mol. The van der Waals surface area contributed by atoms with Gasteiger partial charge in [-0.3, -0.25) is 0 Å². The van der Waals surface area contributed by atoms with Crippen molar-refractivity contribution in [3.05, 3.63) is 71.3 Å². The summed E-state index contributed by atoms with van der Waals surface area (Å²) in [4.78, 5) is 0. The van der Waals surface area contributed by atoms with Gasteiger partial charge >= 0.3 is 0 Å². The molecule has 0 radical (unpaired) electrons. The fourth-order valence-electron chi connectivity index (χ4n) is 1.89. The third-order valence-electron chi connectivity index (χ3n) is 2.87. The molecule has 2 rings (SSSR count). The van der Waals surface area contributed by atoms with Crippen LogP contribution in [0, 0.1) is 6.92 Å². The molecule has 2 aromatic carbocycles. The molecule has 0 aliphatic carbocycles. The molecule has 0 N–H and O–H groups in total. The van der Waals surface area contributed by atoms with Crippen LogP contribution < -0.4 is 0 Å². The predicted molar refractivity (Wildman–Crippen MR) is 73.9 cm³/mol. The maximum absolute atomic E-state index is 12.1.